The number of nitriles is 1. The monoisotopic (exact) mass is 331 g/mol. The van der Waals surface area contributed by atoms with Crippen LogP contribution in [0.2, 0.25) is 0 Å². The fourth-order valence-corrected chi connectivity index (χ4v) is 3.22. The van der Waals surface area contributed by atoms with E-state index in [0.29, 0.717) is 32.6 Å². The van der Waals surface area contributed by atoms with Gasteiger partial charge in [-0.2, -0.15) is 5.26 Å². The van der Waals surface area contributed by atoms with Gasteiger partial charge >= 0.3 is 0 Å². The summed E-state index contributed by atoms with van der Waals surface area (Å²) in [5.41, 5.74) is 5.95. The van der Waals surface area contributed by atoms with Gasteiger partial charge in [-0.15, -0.1) is 10.2 Å². The molecule has 2 amide bonds. The van der Waals surface area contributed by atoms with E-state index in [2.05, 4.69) is 16.3 Å². The lowest BCUT2D eigenvalue weighted by molar-refractivity contribution is -0.134. The van der Waals surface area contributed by atoms with Crippen molar-refractivity contribution < 1.29 is 9.59 Å². The Kier molecular flexibility index (Phi) is 4.76. The van der Waals surface area contributed by atoms with Gasteiger partial charge in [0.1, 0.15) is 12.4 Å². The van der Waals surface area contributed by atoms with E-state index in [1.165, 1.54) is 0 Å². The number of nitrogens with two attached hydrogens (primary N) is 1. The molecule has 1 saturated heterocycles. The number of hydrogen-bond acceptors (Lipinski definition) is 6. The Morgan fingerprint density at radius 1 is 1.42 bits per heavy atom. The van der Waals surface area contributed by atoms with Gasteiger partial charge < -0.3 is 20.1 Å². The smallest absolute Gasteiger partial charge is 0.240 e. The maximum Gasteiger partial charge on any atom is 0.240 e. The molecular formula is C15H21N7O2. The molecule has 0 unspecified atom stereocenters. The number of rotatable bonds is 4. The number of carbonyl (C=O) groups excluding carboxylic acids is 2. The fourth-order valence-electron chi connectivity index (χ4n) is 3.22. The van der Waals surface area contributed by atoms with Crippen molar-refractivity contribution >= 4 is 11.8 Å². The first-order valence-corrected chi connectivity index (χ1v) is 8.20. The van der Waals surface area contributed by atoms with Crippen LogP contribution >= 0.6 is 0 Å². The minimum Gasteiger partial charge on any atom is -0.333 e. The van der Waals surface area contributed by atoms with E-state index in [4.69, 9.17) is 11.0 Å². The molecule has 2 aliphatic rings. The molecule has 1 aromatic rings. The normalized spacial score (nSPS) is 21.2. The molecule has 1 fully saturated rings. The maximum absolute atomic E-state index is 12.3. The number of likely N-dealkylation sites (tertiary alicyclic amines) is 1. The summed E-state index contributed by atoms with van der Waals surface area (Å²) in [7, 11) is 0. The molecule has 2 aliphatic heterocycles. The topological polar surface area (TPSA) is 121 Å². The summed E-state index contributed by atoms with van der Waals surface area (Å²) in [5, 5.41) is 16.9. The second-order valence-corrected chi connectivity index (χ2v) is 6.22. The molecule has 0 radical (unpaired) electrons. The lowest BCUT2D eigenvalue weighted by Gasteiger charge is -2.28. The maximum atomic E-state index is 12.3. The summed E-state index contributed by atoms with van der Waals surface area (Å²) in [6.07, 6.45) is 3.68. The third kappa shape index (κ3) is 3.23. The molecule has 9 nitrogen and oxygen atoms in total. The van der Waals surface area contributed by atoms with Crippen LogP contribution in [-0.2, 0) is 22.7 Å². The average molecular weight is 331 g/mol. The van der Waals surface area contributed by atoms with E-state index in [0.717, 1.165) is 12.2 Å². The van der Waals surface area contributed by atoms with E-state index in [-0.39, 0.29) is 30.7 Å². The molecule has 3 rings (SSSR count). The zero-order valence-electron chi connectivity index (χ0n) is 13.5. The number of carbonyl (C=O) groups is 2. The predicted octanol–water partition coefficient (Wildman–Crippen LogP) is -0.758. The summed E-state index contributed by atoms with van der Waals surface area (Å²) in [6, 6.07) is 1.01. The molecule has 24 heavy (non-hydrogen) atoms. The minimum atomic E-state index is -0.739. The molecule has 128 valence electrons. The van der Waals surface area contributed by atoms with E-state index < -0.39 is 6.04 Å². The molecule has 3 heterocycles. The highest BCUT2D eigenvalue weighted by atomic mass is 16.2. The molecule has 0 bridgehead atoms. The van der Waals surface area contributed by atoms with E-state index in [9.17, 15) is 9.59 Å². The van der Waals surface area contributed by atoms with Gasteiger partial charge in [-0.25, -0.2) is 0 Å². The summed E-state index contributed by atoms with van der Waals surface area (Å²) < 4.78 is 1.93. The molecule has 0 saturated carbocycles. The quantitative estimate of drug-likeness (QED) is 0.774. The largest absolute Gasteiger partial charge is 0.333 e. The van der Waals surface area contributed by atoms with Crippen LogP contribution in [0, 0.1) is 11.3 Å². The summed E-state index contributed by atoms with van der Waals surface area (Å²) >= 11 is 0. The highest BCUT2D eigenvalue weighted by Gasteiger charge is 2.32. The van der Waals surface area contributed by atoms with Crippen LogP contribution in [0.4, 0.5) is 0 Å². The SMILES string of the molecule is N#C[C@@H]1CCCN1C(=O)[C@@H](N)CCC(=O)N1CCn2cnnc2C1. The zero-order valence-corrected chi connectivity index (χ0v) is 13.5. The second-order valence-electron chi connectivity index (χ2n) is 6.22. The van der Waals surface area contributed by atoms with Crippen molar-refractivity contribution in [3.05, 3.63) is 12.2 Å². The Hall–Kier alpha value is -2.47. The highest BCUT2D eigenvalue weighted by molar-refractivity contribution is 5.83. The number of fused-ring (bicyclic) bond motifs is 1. The van der Waals surface area contributed by atoms with Crippen LogP contribution in [0.1, 0.15) is 31.5 Å². The summed E-state index contributed by atoms with van der Waals surface area (Å²) in [4.78, 5) is 27.9. The van der Waals surface area contributed by atoms with Gasteiger partial charge in [-0.05, 0) is 19.3 Å². The Morgan fingerprint density at radius 3 is 3.04 bits per heavy atom. The van der Waals surface area contributed by atoms with Crippen LogP contribution in [0.5, 0.6) is 0 Å². The number of hydrogen-bond donors (Lipinski definition) is 1. The Labute approximate surface area is 140 Å². The summed E-state index contributed by atoms with van der Waals surface area (Å²) in [5.74, 6) is 0.500. The summed E-state index contributed by atoms with van der Waals surface area (Å²) in [6.45, 7) is 2.29. The molecule has 1 aromatic heterocycles. The van der Waals surface area contributed by atoms with E-state index in [1.807, 2.05) is 4.57 Å². The van der Waals surface area contributed by atoms with Gasteiger partial charge in [0.25, 0.3) is 0 Å². The van der Waals surface area contributed by atoms with Gasteiger partial charge in [-0.3, -0.25) is 9.59 Å². The number of aromatic nitrogens is 3. The first-order valence-electron chi connectivity index (χ1n) is 8.20. The van der Waals surface area contributed by atoms with Gasteiger partial charge in [-0.1, -0.05) is 0 Å². The molecule has 9 heteroatoms. The molecular weight excluding hydrogens is 310 g/mol. The fraction of sp³-hybridized carbons (Fsp3) is 0.667. The lowest BCUT2D eigenvalue weighted by Crippen LogP contribution is -2.46. The molecule has 0 aliphatic carbocycles. The average Bonchev–Trinajstić information content (AvgIpc) is 3.26. The van der Waals surface area contributed by atoms with Crippen molar-refractivity contribution in [2.75, 3.05) is 13.1 Å². The predicted molar refractivity (Wildman–Crippen MR) is 83.0 cm³/mol. The second kappa shape index (κ2) is 6.97. The van der Waals surface area contributed by atoms with Crippen molar-refractivity contribution in [1.29, 1.82) is 5.26 Å². The highest BCUT2D eigenvalue weighted by Crippen LogP contribution is 2.18. The van der Waals surface area contributed by atoms with Crippen molar-refractivity contribution in [2.24, 2.45) is 5.73 Å². The molecule has 0 aromatic carbocycles. The van der Waals surface area contributed by atoms with Crippen molar-refractivity contribution in [3.63, 3.8) is 0 Å². The van der Waals surface area contributed by atoms with Crippen molar-refractivity contribution in [2.45, 2.75) is 50.9 Å². The van der Waals surface area contributed by atoms with Crippen LogP contribution in [0.3, 0.4) is 0 Å². The zero-order chi connectivity index (χ0) is 17.1. The number of nitrogens with zero attached hydrogens (tertiary/aromatic N) is 6. The Balaban J connectivity index is 1.49. The Morgan fingerprint density at radius 2 is 2.25 bits per heavy atom. The third-order valence-electron chi connectivity index (χ3n) is 4.66. The van der Waals surface area contributed by atoms with Gasteiger partial charge in [0.15, 0.2) is 5.82 Å². The van der Waals surface area contributed by atoms with Crippen LogP contribution < -0.4 is 5.73 Å². The molecule has 2 N–H and O–H groups in total. The van der Waals surface area contributed by atoms with Crippen molar-refractivity contribution in [3.8, 4) is 6.07 Å². The van der Waals surface area contributed by atoms with Crippen LogP contribution in [0.25, 0.3) is 0 Å². The van der Waals surface area contributed by atoms with Crippen LogP contribution in [-0.4, -0.2) is 61.6 Å². The van der Waals surface area contributed by atoms with Crippen molar-refractivity contribution in [1.82, 2.24) is 24.6 Å². The van der Waals surface area contributed by atoms with Crippen LogP contribution in [0.15, 0.2) is 6.33 Å². The standard InChI is InChI=1S/C15H21N7O2/c16-8-11-2-1-5-22(11)15(24)12(17)3-4-14(23)20-6-7-21-10-18-19-13(21)9-20/h10-12H,1-7,9,17H2/t11-,12-/m0/s1. The number of amides is 2. The van der Waals surface area contributed by atoms with E-state index >= 15 is 0 Å². The van der Waals surface area contributed by atoms with Gasteiger partial charge in [0.2, 0.25) is 11.8 Å². The van der Waals surface area contributed by atoms with E-state index in [1.54, 1.807) is 16.1 Å². The Bertz CT molecular complexity index is 665. The van der Waals surface area contributed by atoms with Gasteiger partial charge in [0, 0.05) is 26.1 Å². The molecule has 0 spiro atoms. The minimum absolute atomic E-state index is 0.0363. The lowest BCUT2D eigenvalue weighted by atomic mass is 10.1. The third-order valence-corrected chi connectivity index (χ3v) is 4.66. The first kappa shape index (κ1) is 16.4. The van der Waals surface area contributed by atoms with Gasteiger partial charge in [0.05, 0.1) is 18.7 Å². The molecule has 2 atom stereocenters. The first-order chi connectivity index (χ1) is 11.6.